The van der Waals surface area contributed by atoms with Gasteiger partial charge in [0.05, 0.1) is 23.7 Å². The van der Waals surface area contributed by atoms with Crippen molar-refractivity contribution in [3.05, 3.63) is 52.9 Å². The first-order valence-corrected chi connectivity index (χ1v) is 12.8. The maximum absolute atomic E-state index is 14.2. The van der Waals surface area contributed by atoms with Crippen LogP contribution in [0.3, 0.4) is 0 Å². The maximum atomic E-state index is 14.2. The number of benzene rings is 1. The van der Waals surface area contributed by atoms with Gasteiger partial charge >= 0.3 is 6.18 Å². The van der Waals surface area contributed by atoms with Gasteiger partial charge in [0.25, 0.3) is 0 Å². The molecule has 9 nitrogen and oxygen atoms in total. The quantitative estimate of drug-likeness (QED) is 0.425. The maximum Gasteiger partial charge on any atom is 0.413 e. The van der Waals surface area contributed by atoms with Gasteiger partial charge in [0.1, 0.15) is 0 Å². The summed E-state index contributed by atoms with van der Waals surface area (Å²) in [6, 6.07) is 5.21. The second-order valence-electron chi connectivity index (χ2n) is 9.59. The number of carbonyl (C=O) groups is 2. The number of alkyl halides is 3. The molecule has 1 saturated heterocycles. The summed E-state index contributed by atoms with van der Waals surface area (Å²) >= 11 is 6.05. The van der Waals surface area contributed by atoms with Crippen molar-refractivity contribution in [2.24, 2.45) is 5.92 Å². The summed E-state index contributed by atoms with van der Waals surface area (Å²) < 4.78 is 49.7. The lowest BCUT2D eigenvalue weighted by atomic mass is 9.94. The zero-order chi connectivity index (χ0) is 28.5. The van der Waals surface area contributed by atoms with Crippen LogP contribution in [-0.4, -0.2) is 69.6 Å². The predicted octanol–water partition coefficient (Wildman–Crippen LogP) is 5.15. The number of piperidine rings is 1. The molecule has 13 heteroatoms. The number of likely N-dealkylation sites (tertiary alicyclic amines) is 1. The third-order valence-electron chi connectivity index (χ3n) is 7.07. The number of fused-ring (bicyclic) bond motifs is 1. The highest BCUT2D eigenvalue weighted by Gasteiger charge is 2.46. The van der Waals surface area contributed by atoms with E-state index in [0.29, 0.717) is 48.6 Å². The monoisotopic (exact) mass is 566 g/mol. The number of aromatic nitrogens is 3. The van der Waals surface area contributed by atoms with Gasteiger partial charge in [-0.2, -0.15) is 18.3 Å². The zero-order valence-electron chi connectivity index (χ0n) is 22.0. The van der Waals surface area contributed by atoms with E-state index in [-0.39, 0.29) is 16.6 Å². The van der Waals surface area contributed by atoms with Crippen LogP contribution >= 0.6 is 11.6 Å². The molecule has 3 heterocycles. The number of anilines is 2. The molecule has 1 aromatic carbocycles. The fraction of sp³-hybridized carbons (Fsp3) is 0.462. The van der Waals surface area contributed by atoms with Gasteiger partial charge in [0, 0.05) is 51.8 Å². The molecule has 1 aliphatic rings. The van der Waals surface area contributed by atoms with Crippen LogP contribution in [-0.2, 0) is 14.3 Å². The van der Waals surface area contributed by atoms with Crippen molar-refractivity contribution in [2.75, 3.05) is 32.6 Å². The number of halogens is 4. The number of hydrogen-bond donors (Lipinski definition) is 1. The number of rotatable bonds is 7. The smallest absolute Gasteiger partial charge is 0.375 e. The third-order valence-corrected chi connectivity index (χ3v) is 7.25. The largest absolute Gasteiger partial charge is 0.413 e. The van der Waals surface area contributed by atoms with Crippen LogP contribution < -0.4 is 5.32 Å². The summed E-state index contributed by atoms with van der Waals surface area (Å²) in [5.74, 6) is -1.27. The standard InChI is InChI=1S/C26H30ClF3N6O3/c1-15(39-4)23-20(14-31-22-13-21(27)33-36(22)23)32-19-7-5-17(6-8-19)24(26(28,29)30)34(3)25(38)18-9-11-35(12-10-18)16(2)37/h5-8,13-15,18,24,32H,9-12H2,1-4H3/t15-,24-/m0/s1. The molecule has 4 rings (SSSR count). The molecular formula is C26H30ClF3N6O3. The Morgan fingerprint density at radius 1 is 1.21 bits per heavy atom. The summed E-state index contributed by atoms with van der Waals surface area (Å²) in [6.45, 7) is 3.97. The van der Waals surface area contributed by atoms with E-state index in [2.05, 4.69) is 15.4 Å². The Morgan fingerprint density at radius 3 is 2.41 bits per heavy atom. The molecule has 3 aromatic rings. The summed E-state index contributed by atoms with van der Waals surface area (Å²) in [4.78, 5) is 31.3. The number of ether oxygens (including phenoxy) is 1. The Labute approximate surface area is 228 Å². The van der Waals surface area contributed by atoms with Crippen LogP contribution in [0.4, 0.5) is 24.5 Å². The molecule has 1 aliphatic heterocycles. The fourth-order valence-electron chi connectivity index (χ4n) is 4.92. The van der Waals surface area contributed by atoms with Crippen LogP contribution in [0.2, 0.25) is 5.15 Å². The Kier molecular flexibility index (Phi) is 8.36. The topological polar surface area (TPSA) is 92.1 Å². The van der Waals surface area contributed by atoms with E-state index >= 15 is 0 Å². The van der Waals surface area contributed by atoms with Crippen molar-refractivity contribution in [1.82, 2.24) is 24.4 Å². The van der Waals surface area contributed by atoms with Crippen LogP contribution in [0.15, 0.2) is 36.5 Å². The molecular weight excluding hydrogens is 537 g/mol. The number of hydrogen-bond acceptors (Lipinski definition) is 6. The van der Waals surface area contributed by atoms with Gasteiger partial charge < -0.3 is 19.9 Å². The molecule has 0 saturated carbocycles. The molecule has 1 N–H and O–H groups in total. The number of methoxy groups -OCH3 is 1. The normalized spacial score (nSPS) is 16.3. The van der Waals surface area contributed by atoms with E-state index in [1.165, 1.54) is 38.2 Å². The van der Waals surface area contributed by atoms with Crippen LogP contribution in [0.5, 0.6) is 0 Å². The second kappa shape index (κ2) is 11.4. The Balaban J connectivity index is 1.56. The number of nitrogens with zero attached hydrogens (tertiary/aromatic N) is 5. The summed E-state index contributed by atoms with van der Waals surface area (Å²) in [7, 11) is 2.72. The minimum absolute atomic E-state index is 0.0667. The molecule has 1 fully saturated rings. The van der Waals surface area contributed by atoms with Crippen molar-refractivity contribution in [2.45, 2.75) is 45.0 Å². The molecule has 2 aromatic heterocycles. The molecule has 0 aliphatic carbocycles. The van der Waals surface area contributed by atoms with Crippen molar-refractivity contribution >= 4 is 40.4 Å². The molecule has 0 spiro atoms. The second-order valence-corrected chi connectivity index (χ2v) is 9.98. The van der Waals surface area contributed by atoms with Gasteiger partial charge in [-0.05, 0) is 37.5 Å². The highest BCUT2D eigenvalue weighted by Crippen LogP contribution is 2.39. The van der Waals surface area contributed by atoms with Crippen LogP contribution in [0, 0.1) is 5.92 Å². The van der Waals surface area contributed by atoms with Gasteiger partial charge in [-0.3, -0.25) is 9.59 Å². The van der Waals surface area contributed by atoms with Gasteiger partial charge in [0.2, 0.25) is 11.8 Å². The van der Waals surface area contributed by atoms with E-state index in [4.69, 9.17) is 16.3 Å². The van der Waals surface area contributed by atoms with Crippen molar-refractivity contribution in [1.29, 1.82) is 0 Å². The van der Waals surface area contributed by atoms with E-state index in [1.54, 1.807) is 28.8 Å². The Morgan fingerprint density at radius 2 is 1.85 bits per heavy atom. The molecule has 0 unspecified atom stereocenters. The predicted molar refractivity (Wildman–Crippen MR) is 140 cm³/mol. The molecule has 2 atom stereocenters. The van der Waals surface area contributed by atoms with Crippen LogP contribution in [0.1, 0.15) is 50.1 Å². The summed E-state index contributed by atoms with van der Waals surface area (Å²) in [5, 5.41) is 7.68. The van der Waals surface area contributed by atoms with Gasteiger partial charge in [-0.1, -0.05) is 23.7 Å². The zero-order valence-corrected chi connectivity index (χ0v) is 22.8. The first-order chi connectivity index (χ1) is 18.4. The van der Waals surface area contributed by atoms with Crippen LogP contribution in [0.25, 0.3) is 5.65 Å². The minimum atomic E-state index is -4.69. The van der Waals surface area contributed by atoms with E-state index in [0.717, 1.165) is 4.90 Å². The van der Waals surface area contributed by atoms with E-state index in [9.17, 15) is 22.8 Å². The summed E-state index contributed by atoms with van der Waals surface area (Å²) in [6.07, 6.45) is -2.84. The molecule has 0 bridgehead atoms. The average Bonchev–Trinajstić information content (AvgIpc) is 3.28. The summed E-state index contributed by atoms with van der Waals surface area (Å²) in [5.41, 5.74) is 2.14. The third kappa shape index (κ3) is 6.11. The molecule has 0 radical (unpaired) electrons. The van der Waals surface area contributed by atoms with E-state index < -0.39 is 30.1 Å². The Bertz CT molecular complexity index is 1340. The lowest BCUT2D eigenvalue weighted by Gasteiger charge is -2.36. The fourth-order valence-corrected chi connectivity index (χ4v) is 5.09. The van der Waals surface area contributed by atoms with E-state index in [1.807, 2.05) is 6.92 Å². The first-order valence-electron chi connectivity index (χ1n) is 12.4. The lowest BCUT2D eigenvalue weighted by Crippen LogP contribution is -2.46. The van der Waals surface area contributed by atoms with Gasteiger partial charge in [0.15, 0.2) is 16.8 Å². The molecule has 2 amide bonds. The molecule has 39 heavy (non-hydrogen) atoms. The number of amides is 2. The van der Waals surface area contributed by atoms with Crippen molar-refractivity contribution < 1.29 is 27.5 Å². The Hall–Kier alpha value is -3.38. The highest BCUT2D eigenvalue weighted by molar-refractivity contribution is 6.29. The number of nitrogens with one attached hydrogen (secondary N) is 1. The van der Waals surface area contributed by atoms with Crippen molar-refractivity contribution in [3.8, 4) is 0 Å². The first kappa shape index (κ1) is 28.6. The van der Waals surface area contributed by atoms with Gasteiger partial charge in [-0.15, -0.1) is 0 Å². The SMILES string of the molecule is CO[C@@H](C)c1c(Nc2ccc([C@H](N(C)C(=O)C3CCN(C(C)=O)CC3)C(F)(F)F)cc2)cnc2cc(Cl)nn12. The van der Waals surface area contributed by atoms with Gasteiger partial charge in [-0.25, -0.2) is 9.50 Å². The molecule has 210 valence electrons. The van der Waals surface area contributed by atoms with Crippen molar-refractivity contribution in [3.63, 3.8) is 0 Å². The number of carbonyl (C=O) groups excluding carboxylic acids is 2. The highest BCUT2D eigenvalue weighted by atomic mass is 35.5. The minimum Gasteiger partial charge on any atom is -0.375 e. The lowest BCUT2D eigenvalue weighted by molar-refractivity contribution is -0.191. The average molecular weight is 567 g/mol.